The van der Waals surface area contributed by atoms with Crippen molar-refractivity contribution < 1.29 is 24.2 Å². The molecule has 10 heteroatoms. The van der Waals surface area contributed by atoms with Gasteiger partial charge in [0.25, 0.3) is 0 Å². The van der Waals surface area contributed by atoms with Crippen LogP contribution >= 0.6 is 23.2 Å². The van der Waals surface area contributed by atoms with E-state index in [1.54, 1.807) is 18.2 Å². The van der Waals surface area contributed by atoms with Crippen LogP contribution in [0.25, 0.3) is 0 Å². The minimum atomic E-state index is -0.872. The first kappa shape index (κ1) is 25.6. The fourth-order valence-electron chi connectivity index (χ4n) is 4.11. The third-order valence-electron chi connectivity index (χ3n) is 6.22. The van der Waals surface area contributed by atoms with Gasteiger partial charge in [-0.1, -0.05) is 35.3 Å². The number of urea groups is 1. The fraction of sp³-hybridized carbons (Fsp3) is 0.440. The maximum Gasteiger partial charge on any atom is 0.324 e. The van der Waals surface area contributed by atoms with E-state index in [2.05, 4.69) is 10.2 Å². The number of imide groups is 1. The number of aliphatic hydroxyl groups is 1. The van der Waals surface area contributed by atoms with Crippen molar-refractivity contribution in [3.05, 3.63) is 58.1 Å². The van der Waals surface area contributed by atoms with Crippen LogP contribution in [0.3, 0.4) is 0 Å². The number of rotatable bonds is 10. The minimum Gasteiger partial charge on any atom is -0.494 e. The van der Waals surface area contributed by atoms with Crippen LogP contribution in [-0.4, -0.2) is 71.8 Å². The Morgan fingerprint density at radius 3 is 2.34 bits per heavy atom. The lowest BCUT2D eigenvalue weighted by molar-refractivity contribution is -0.118. The van der Waals surface area contributed by atoms with Gasteiger partial charge in [-0.15, -0.1) is 0 Å². The van der Waals surface area contributed by atoms with Crippen LogP contribution in [-0.2, 0) is 11.3 Å². The Balaban J connectivity index is 1.15. The molecule has 0 atom stereocenters. The van der Waals surface area contributed by atoms with E-state index in [9.17, 15) is 14.7 Å². The Labute approximate surface area is 214 Å². The number of nitrogens with zero attached hydrogens (tertiary/aromatic N) is 2. The largest absolute Gasteiger partial charge is 0.494 e. The Morgan fingerprint density at radius 2 is 1.69 bits per heavy atom. The lowest BCUT2D eigenvalue weighted by Crippen LogP contribution is -2.47. The van der Waals surface area contributed by atoms with Gasteiger partial charge in [-0.3, -0.25) is 15.0 Å². The summed E-state index contributed by atoms with van der Waals surface area (Å²) in [6, 6.07) is 12.7. The Kier molecular flexibility index (Phi) is 8.38. The standard InChI is InChI=1S/C25H29Cl2N3O5/c26-21-7-6-20(14-22(21)27)35-17-25(33)8-11-29(12-9-25)15-18-2-4-19(5-3-18)34-13-1-10-30-16-23(31)28-24(30)32/h2-7,14,33H,1,8-13,15-17H2,(H,28,31,32). The van der Waals surface area contributed by atoms with E-state index in [0.717, 1.165) is 25.4 Å². The molecule has 0 aliphatic carbocycles. The van der Waals surface area contributed by atoms with Crippen LogP contribution in [0.4, 0.5) is 4.79 Å². The highest BCUT2D eigenvalue weighted by atomic mass is 35.5. The summed E-state index contributed by atoms with van der Waals surface area (Å²) in [6.07, 6.45) is 1.89. The van der Waals surface area contributed by atoms with Crippen molar-refractivity contribution in [1.82, 2.24) is 15.1 Å². The van der Waals surface area contributed by atoms with Gasteiger partial charge in [-0.25, -0.2) is 4.79 Å². The number of hydrogen-bond acceptors (Lipinski definition) is 6. The molecule has 188 valence electrons. The first-order valence-corrected chi connectivity index (χ1v) is 12.4. The van der Waals surface area contributed by atoms with Crippen LogP contribution in [0.2, 0.25) is 10.0 Å². The maximum absolute atomic E-state index is 11.5. The molecule has 0 saturated carbocycles. The van der Waals surface area contributed by atoms with Crippen molar-refractivity contribution in [3.63, 3.8) is 0 Å². The summed E-state index contributed by atoms with van der Waals surface area (Å²) >= 11 is 12.0. The summed E-state index contributed by atoms with van der Waals surface area (Å²) in [4.78, 5) is 26.5. The molecule has 0 aromatic heterocycles. The summed E-state index contributed by atoms with van der Waals surface area (Å²) in [5, 5.41) is 14.1. The van der Waals surface area contributed by atoms with Crippen LogP contribution in [0.1, 0.15) is 24.8 Å². The number of carbonyl (C=O) groups is 2. The third-order valence-corrected chi connectivity index (χ3v) is 6.96. The number of benzene rings is 2. The summed E-state index contributed by atoms with van der Waals surface area (Å²) < 4.78 is 11.5. The van der Waals surface area contributed by atoms with Crippen molar-refractivity contribution in [2.24, 2.45) is 0 Å². The molecule has 0 bridgehead atoms. The molecular formula is C25H29Cl2N3O5. The van der Waals surface area contributed by atoms with Gasteiger partial charge < -0.3 is 19.5 Å². The van der Waals surface area contributed by atoms with Crippen LogP contribution in [0, 0.1) is 0 Å². The fourth-order valence-corrected chi connectivity index (χ4v) is 4.40. The van der Waals surface area contributed by atoms with Crippen molar-refractivity contribution >= 4 is 35.1 Å². The molecular weight excluding hydrogens is 493 g/mol. The zero-order valence-electron chi connectivity index (χ0n) is 19.3. The second-order valence-corrected chi connectivity index (χ2v) is 9.80. The number of halogens is 2. The first-order valence-electron chi connectivity index (χ1n) is 11.6. The highest BCUT2D eigenvalue weighted by molar-refractivity contribution is 6.42. The van der Waals surface area contributed by atoms with Crippen LogP contribution in [0.5, 0.6) is 11.5 Å². The Hall–Kier alpha value is -2.52. The molecule has 2 fully saturated rings. The summed E-state index contributed by atoms with van der Waals surface area (Å²) in [6.45, 7) is 3.61. The molecule has 2 aliphatic rings. The molecule has 2 saturated heterocycles. The van der Waals surface area contributed by atoms with Gasteiger partial charge in [-0.05, 0) is 49.1 Å². The lowest BCUT2D eigenvalue weighted by atomic mass is 9.92. The van der Waals surface area contributed by atoms with Crippen LogP contribution < -0.4 is 14.8 Å². The van der Waals surface area contributed by atoms with Gasteiger partial charge in [0.05, 0.1) is 16.7 Å². The van der Waals surface area contributed by atoms with E-state index in [1.165, 1.54) is 10.5 Å². The first-order chi connectivity index (χ1) is 16.8. The lowest BCUT2D eigenvalue weighted by Gasteiger charge is -2.38. The predicted molar refractivity (Wildman–Crippen MR) is 133 cm³/mol. The van der Waals surface area contributed by atoms with Crippen molar-refractivity contribution in [2.45, 2.75) is 31.4 Å². The SMILES string of the molecule is O=C1CN(CCCOc2ccc(CN3CCC(O)(COc4ccc(Cl)c(Cl)c4)CC3)cc2)C(=O)N1. The number of likely N-dealkylation sites (tertiary alicyclic amines) is 1. The van der Waals surface area contributed by atoms with E-state index in [4.69, 9.17) is 32.7 Å². The van der Waals surface area contributed by atoms with E-state index >= 15 is 0 Å². The van der Waals surface area contributed by atoms with Crippen molar-refractivity contribution in [2.75, 3.05) is 39.4 Å². The van der Waals surface area contributed by atoms with Gasteiger partial charge in [0, 0.05) is 32.2 Å². The molecule has 2 N–H and O–H groups in total. The van der Waals surface area contributed by atoms with Gasteiger partial charge in [0.15, 0.2) is 0 Å². The summed E-state index contributed by atoms with van der Waals surface area (Å²) in [7, 11) is 0. The molecule has 8 nitrogen and oxygen atoms in total. The average Bonchev–Trinajstić information content (AvgIpc) is 3.17. The average molecular weight is 522 g/mol. The van der Waals surface area contributed by atoms with Crippen LogP contribution in [0.15, 0.2) is 42.5 Å². The van der Waals surface area contributed by atoms with E-state index < -0.39 is 5.60 Å². The highest BCUT2D eigenvalue weighted by Crippen LogP contribution is 2.29. The zero-order valence-corrected chi connectivity index (χ0v) is 20.9. The van der Waals surface area contributed by atoms with Crippen molar-refractivity contribution in [1.29, 1.82) is 0 Å². The second kappa shape index (κ2) is 11.5. The highest BCUT2D eigenvalue weighted by Gasteiger charge is 2.33. The normalized spacial score (nSPS) is 18.0. The number of piperidine rings is 1. The van der Waals surface area contributed by atoms with E-state index in [1.807, 2.05) is 24.3 Å². The molecule has 3 amide bonds. The molecule has 0 radical (unpaired) electrons. The molecule has 2 heterocycles. The summed E-state index contributed by atoms with van der Waals surface area (Å²) in [5.74, 6) is 1.10. The molecule has 2 aliphatic heterocycles. The second-order valence-electron chi connectivity index (χ2n) is 8.99. The monoisotopic (exact) mass is 521 g/mol. The van der Waals surface area contributed by atoms with E-state index in [-0.39, 0.29) is 25.1 Å². The predicted octanol–water partition coefficient (Wildman–Crippen LogP) is 3.72. The smallest absolute Gasteiger partial charge is 0.324 e. The molecule has 4 rings (SSSR count). The third kappa shape index (κ3) is 7.24. The zero-order chi connectivity index (χ0) is 24.8. The van der Waals surface area contributed by atoms with Gasteiger partial charge in [0.2, 0.25) is 5.91 Å². The van der Waals surface area contributed by atoms with Gasteiger partial charge in [-0.2, -0.15) is 0 Å². The summed E-state index contributed by atoms with van der Waals surface area (Å²) in [5.41, 5.74) is 0.297. The number of nitrogens with one attached hydrogen (secondary N) is 1. The van der Waals surface area contributed by atoms with Gasteiger partial charge >= 0.3 is 6.03 Å². The molecule has 2 aromatic rings. The van der Waals surface area contributed by atoms with Crippen molar-refractivity contribution in [3.8, 4) is 11.5 Å². The quantitative estimate of drug-likeness (QED) is 0.365. The molecule has 35 heavy (non-hydrogen) atoms. The van der Waals surface area contributed by atoms with E-state index in [0.29, 0.717) is 48.2 Å². The molecule has 2 aromatic carbocycles. The minimum absolute atomic E-state index is 0.117. The Bertz CT molecular complexity index is 1040. The Morgan fingerprint density at radius 1 is 0.971 bits per heavy atom. The van der Waals surface area contributed by atoms with Gasteiger partial charge in [0.1, 0.15) is 30.3 Å². The maximum atomic E-state index is 11.5. The number of amides is 3. The molecule has 0 spiro atoms. The molecule has 0 unspecified atom stereocenters. The topological polar surface area (TPSA) is 91.3 Å². The number of ether oxygens (including phenoxy) is 2. The number of carbonyl (C=O) groups excluding carboxylic acids is 2. The number of hydrogen-bond donors (Lipinski definition) is 2.